The van der Waals surface area contributed by atoms with Gasteiger partial charge in [0.15, 0.2) is 17.7 Å². The third-order valence-corrected chi connectivity index (χ3v) is 10.8. The van der Waals surface area contributed by atoms with Gasteiger partial charge in [-0.05, 0) is 89.9 Å². The summed E-state index contributed by atoms with van der Waals surface area (Å²) < 4.78 is 24.6. The number of ketones is 1. The van der Waals surface area contributed by atoms with Gasteiger partial charge in [0.25, 0.3) is 0 Å². The van der Waals surface area contributed by atoms with Gasteiger partial charge < -0.3 is 44.3 Å². The molecule has 1 aromatic carbocycles. The van der Waals surface area contributed by atoms with Gasteiger partial charge in [0.05, 0.1) is 55.3 Å². The first-order chi connectivity index (χ1) is 25.6. The number of benzene rings is 1. The lowest BCUT2D eigenvalue weighted by molar-refractivity contribution is -0.304. The normalized spacial score (nSPS) is 35.0. The quantitative estimate of drug-likeness (QED) is 0.213. The maximum Gasteiger partial charge on any atom is 0.308 e. The molecule has 0 bridgehead atoms. The molecule has 12 atom stereocenters. The zero-order valence-electron chi connectivity index (χ0n) is 32.9. The van der Waals surface area contributed by atoms with Crippen molar-refractivity contribution in [2.24, 2.45) is 17.8 Å². The van der Waals surface area contributed by atoms with Gasteiger partial charge in [0, 0.05) is 23.4 Å². The monoisotopic (exact) mass is 752 g/mol. The van der Waals surface area contributed by atoms with Crippen LogP contribution in [0.2, 0.25) is 0 Å². The summed E-state index contributed by atoms with van der Waals surface area (Å²) in [6.45, 7) is 10.3. The molecule has 1 fully saturated rings. The minimum Gasteiger partial charge on any atom is -0.487 e. The second-order valence-corrected chi connectivity index (χ2v) is 15.4. The fourth-order valence-corrected chi connectivity index (χ4v) is 7.54. The van der Waals surface area contributed by atoms with Crippen molar-refractivity contribution in [3.8, 4) is 0 Å². The molecule has 1 aromatic heterocycles. The molecule has 2 aliphatic heterocycles. The Labute approximate surface area is 319 Å². The number of rotatable bonds is 9. The molecule has 1 saturated heterocycles. The second kappa shape index (κ2) is 19.4. The largest absolute Gasteiger partial charge is 0.487 e. The van der Waals surface area contributed by atoms with E-state index in [1.165, 1.54) is 12.3 Å². The number of nitrogens with zero attached hydrogens (tertiary/aromatic N) is 2. The summed E-state index contributed by atoms with van der Waals surface area (Å²) in [5.41, 5.74) is 1.13. The number of fused-ring (bicyclic) bond motifs is 1. The number of carbonyl (C=O) groups excluding carboxylic acids is 2. The number of hydrogen-bond acceptors (Lipinski definition) is 12. The number of aromatic nitrogens is 1. The van der Waals surface area contributed by atoms with Crippen LogP contribution >= 0.6 is 0 Å². The number of para-hydroxylation sites is 1. The Hall–Kier alpha value is -3.49. The third-order valence-electron chi connectivity index (χ3n) is 10.8. The topological polar surface area (TPSA) is 168 Å². The highest BCUT2D eigenvalue weighted by Crippen LogP contribution is 2.35. The second-order valence-electron chi connectivity index (χ2n) is 15.4. The number of aliphatic hydroxyl groups excluding tert-OH is 4. The molecule has 0 radical (unpaired) electrons. The standard InChI is InChI=1S/C42H60N2O10/c1-9-34-31(24-45)19-25(2)16-17-35(47)42(6,51-18-12-13-29-20-30-14-10-11-15-32(30)43-23-29)22-26(3)40(27(4)33(46)21-36(48)53-34)54-41-39(50)37(44(7)8)38(49)28(5)52-41/h10-12,14-20,23,26-28,31,33-34,37-41,45-46,49-50H,9,13,21-22,24H2,1-8H3/t26-,27-,28?,31?,33+,34+,37?,38?,39?,40-,41?,42-/m0/s1. The molecule has 0 spiro atoms. The van der Waals surface area contributed by atoms with E-state index in [-0.39, 0.29) is 25.2 Å². The predicted molar refractivity (Wildman–Crippen MR) is 205 cm³/mol. The van der Waals surface area contributed by atoms with Gasteiger partial charge in [0.1, 0.15) is 12.2 Å². The number of ether oxygens (including phenoxy) is 4. The molecule has 0 amide bonds. The molecule has 6 unspecified atom stereocenters. The number of hydrogen-bond donors (Lipinski definition) is 4. The van der Waals surface area contributed by atoms with Crippen molar-refractivity contribution in [3.05, 3.63) is 78.2 Å². The fraction of sp³-hybridized carbons (Fsp3) is 0.595. The first kappa shape index (κ1) is 43.2. The van der Waals surface area contributed by atoms with E-state index >= 15 is 0 Å². The van der Waals surface area contributed by atoms with Crippen LogP contribution in [-0.4, -0.2) is 117 Å². The van der Waals surface area contributed by atoms with Gasteiger partial charge in [-0.3, -0.25) is 14.6 Å². The molecule has 0 saturated carbocycles. The molecule has 12 heteroatoms. The van der Waals surface area contributed by atoms with E-state index in [4.69, 9.17) is 18.9 Å². The van der Waals surface area contributed by atoms with E-state index in [1.807, 2.05) is 44.2 Å². The van der Waals surface area contributed by atoms with Crippen molar-refractivity contribution >= 4 is 22.7 Å². The van der Waals surface area contributed by atoms with Crippen molar-refractivity contribution in [1.82, 2.24) is 9.88 Å². The number of esters is 1. The zero-order valence-corrected chi connectivity index (χ0v) is 32.9. The van der Waals surface area contributed by atoms with Crippen molar-refractivity contribution in [2.75, 3.05) is 20.7 Å². The molecular formula is C42H60N2O10. The van der Waals surface area contributed by atoms with E-state index in [2.05, 4.69) is 11.1 Å². The number of likely N-dealkylation sites (N-methyl/N-ethyl adjacent to an activating group) is 1. The minimum atomic E-state index is -1.42. The Balaban J connectivity index is 1.70. The van der Waals surface area contributed by atoms with Crippen LogP contribution in [0.1, 0.15) is 66.4 Å². The molecule has 12 nitrogen and oxygen atoms in total. The Morgan fingerprint density at radius 3 is 2.48 bits per heavy atom. The van der Waals surface area contributed by atoms with Crippen LogP contribution in [0.3, 0.4) is 0 Å². The average Bonchev–Trinajstić information content (AvgIpc) is 3.13. The zero-order chi connectivity index (χ0) is 39.7. The van der Waals surface area contributed by atoms with Gasteiger partial charge in [-0.25, -0.2) is 0 Å². The van der Waals surface area contributed by atoms with E-state index in [1.54, 1.807) is 65.0 Å². The van der Waals surface area contributed by atoms with Crippen molar-refractivity contribution < 1.29 is 49.0 Å². The summed E-state index contributed by atoms with van der Waals surface area (Å²) in [7, 11) is 3.49. The molecule has 3 heterocycles. The van der Waals surface area contributed by atoms with Crippen LogP contribution in [0.25, 0.3) is 10.9 Å². The van der Waals surface area contributed by atoms with Gasteiger partial charge in [-0.1, -0.05) is 56.7 Å². The molecule has 54 heavy (non-hydrogen) atoms. The predicted octanol–water partition coefficient (Wildman–Crippen LogP) is 4.28. The van der Waals surface area contributed by atoms with Crippen LogP contribution in [0, 0.1) is 17.8 Å². The summed E-state index contributed by atoms with van der Waals surface area (Å²) in [5.74, 6) is -2.73. The first-order valence-electron chi connectivity index (χ1n) is 19.0. The van der Waals surface area contributed by atoms with Crippen LogP contribution in [0.15, 0.2) is 72.7 Å². The lowest BCUT2D eigenvalue weighted by Crippen LogP contribution is -2.63. The highest BCUT2D eigenvalue weighted by atomic mass is 16.7. The van der Waals surface area contributed by atoms with Crippen LogP contribution < -0.4 is 0 Å². The number of aliphatic hydroxyl groups is 4. The molecule has 0 aliphatic carbocycles. The summed E-state index contributed by atoms with van der Waals surface area (Å²) in [5, 5.41) is 45.0. The number of allylic oxidation sites excluding steroid dienone is 3. The molecule has 4 rings (SSSR count). The maximum atomic E-state index is 14.1. The lowest BCUT2D eigenvalue weighted by Gasteiger charge is -2.46. The Morgan fingerprint density at radius 2 is 1.80 bits per heavy atom. The summed E-state index contributed by atoms with van der Waals surface area (Å²) in [6, 6.07) is 9.20. The van der Waals surface area contributed by atoms with Gasteiger partial charge >= 0.3 is 5.97 Å². The SMILES string of the molecule is CC[C@H]1OC(=O)C[C@@H](O)[C@H](C)[C@@H](OC2OC(C)C(O)C(N(C)C)C2O)[C@@H](C)C[C@](C)(OC=CCc2cnc3ccccc3c2)C(=O)C=CC(C)=CC1CO. The number of cyclic esters (lactones) is 1. The van der Waals surface area contributed by atoms with E-state index in [9.17, 15) is 30.0 Å². The van der Waals surface area contributed by atoms with Crippen molar-refractivity contribution in [1.29, 1.82) is 0 Å². The summed E-state index contributed by atoms with van der Waals surface area (Å²) in [6.07, 6.45) is 3.79. The summed E-state index contributed by atoms with van der Waals surface area (Å²) >= 11 is 0. The number of carbonyl (C=O) groups is 2. The van der Waals surface area contributed by atoms with Gasteiger partial charge in [-0.15, -0.1) is 0 Å². The highest BCUT2D eigenvalue weighted by molar-refractivity contribution is 5.97. The maximum absolute atomic E-state index is 14.1. The molecule has 298 valence electrons. The number of pyridine rings is 1. The average molecular weight is 753 g/mol. The minimum absolute atomic E-state index is 0.113. The lowest BCUT2D eigenvalue weighted by atomic mass is 9.80. The summed E-state index contributed by atoms with van der Waals surface area (Å²) in [4.78, 5) is 33.6. The third kappa shape index (κ3) is 10.8. The van der Waals surface area contributed by atoms with Crippen LogP contribution in [0.4, 0.5) is 0 Å². The van der Waals surface area contributed by atoms with Crippen molar-refractivity contribution in [2.45, 2.75) is 122 Å². The van der Waals surface area contributed by atoms with E-state index < -0.39 is 78.3 Å². The molecule has 2 aliphatic rings. The Bertz CT molecular complexity index is 1640. The Kier molecular flexibility index (Phi) is 15.5. The fourth-order valence-electron chi connectivity index (χ4n) is 7.54. The van der Waals surface area contributed by atoms with Crippen molar-refractivity contribution in [3.63, 3.8) is 0 Å². The molecule has 4 N–H and O–H groups in total. The Morgan fingerprint density at radius 1 is 1.07 bits per heavy atom. The first-order valence-corrected chi connectivity index (χ1v) is 19.0. The van der Waals surface area contributed by atoms with Crippen LogP contribution in [0.5, 0.6) is 0 Å². The highest BCUT2D eigenvalue weighted by Gasteiger charge is 2.48. The smallest absolute Gasteiger partial charge is 0.308 e. The van der Waals surface area contributed by atoms with Crippen LogP contribution in [-0.2, 0) is 35.0 Å². The van der Waals surface area contributed by atoms with Gasteiger partial charge in [0.2, 0.25) is 0 Å². The molecule has 2 aromatic rings. The van der Waals surface area contributed by atoms with E-state index in [0.29, 0.717) is 18.4 Å². The molecular weight excluding hydrogens is 692 g/mol. The van der Waals surface area contributed by atoms with E-state index in [0.717, 1.165) is 16.5 Å². The van der Waals surface area contributed by atoms with Gasteiger partial charge in [-0.2, -0.15) is 0 Å².